The number of carbonyl (C=O) groups is 1. The second-order valence-corrected chi connectivity index (χ2v) is 5.62. The first-order chi connectivity index (χ1) is 9.33. The number of rotatable bonds is 3. The standard InChI is InChI=1S/C12H15N5OSe/c18-11(8-17-6-4-13-5-7-17)14-9-2-1-3-10-12(9)16-19-15-10/h1-3,13H,4-8H2,(H,14,18). The molecule has 6 nitrogen and oxygen atoms in total. The molecule has 3 rings (SSSR count). The predicted octanol–water partition coefficient (Wildman–Crippen LogP) is -0.469. The van der Waals surface area contributed by atoms with Crippen LogP contribution in [0.1, 0.15) is 0 Å². The number of benzene rings is 1. The summed E-state index contributed by atoms with van der Waals surface area (Å²) in [5.74, 6) is 0.0184. The van der Waals surface area contributed by atoms with Crippen molar-refractivity contribution >= 4 is 37.6 Å². The molecule has 1 amide bonds. The van der Waals surface area contributed by atoms with E-state index in [2.05, 4.69) is 23.5 Å². The Bertz CT molecular complexity index is 578. The summed E-state index contributed by atoms with van der Waals surface area (Å²) in [6, 6.07) is 5.72. The first-order valence-electron chi connectivity index (χ1n) is 6.27. The van der Waals surface area contributed by atoms with Gasteiger partial charge in [-0.25, -0.2) is 0 Å². The van der Waals surface area contributed by atoms with E-state index in [0.717, 1.165) is 42.9 Å². The van der Waals surface area contributed by atoms with Gasteiger partial charge in [0.1, 0.15) is 0 Å². The van der Waals surface area contributed by atoms with Crippen LogP contribution >= 0.6 is 0 Å². The van der Waals surface area contributed by atoms with Crippen LogP contribution in [0.15, 0.2) is 18.2 Å². The van der Waals surface area contributed by atoms with Gasteiger partial charge >= 0.3 is 117 Å². The number of hydrogen-bond acceptors (Lipinski definition) is 5. The molecule has 0 bridgehead atoms. The molecule has 2 N–H and O–H groups in total. The Labute approximate surface area is 117 Å². The van der Waals surface area contributed by atoms with E-state index in [4.69, 9.17) is 0 Å². The van der Waals surface area contributed by atoms with Crippen molar-refractivity contribution in [3.05, 3.63) is 18.2 Å². The van der Waals surface area contributed by atoms with Gasteiger partial charge in [-0.3, -0.25) is 0 Å². The Balaban J connectivity index is 1.67. The SMILES string of the molecule is O=C(CN1CCNCC1)Nc1cccc2n[se]nc12. The fourth-order valence-corrected chi connectivity index (χ4v) is 3.32. The van der Waals surface area contributed by atoms with Crippen molar-refractivity contribution in [3.8, 4) is 0 Å². The second kappa shape index (κ2) is 5.79. The van der Waals surface area contributed by atoms with E-state index in [1.165, 1.54) is 0 Å². The average molecular weight is 324 g/mol. The molecule has 1 aromatic carbocycles. The molecule has 7 heteroatoms. The van der Waals surface area contributed by atoms with E-state index >= 15 is 0 Å². The third kappa shape index (κ3) is 3.01. The van der Waals surface area contributed by atoms with Crippen molar-refractivity contribution in [1.82, 2.24) is 18.2 Å². The minimum atomic E-state index is -0.0678. The summed E-state index contributed by atoms with van der Waals surface area (Å²) in [6.45, 7) is 4.18. The topological polar surface area (TPSA) is 70.2 Å². The van der Waals surface area contributed by atoms with Crippen molar-refractivity contribution in [2.24, 2.45) is 0 Å². The van der Waals surface area contributed by atoms with Crippen LogP contribution in [0.2, 0.25) is 0 Å². The van der Waals surface area contributed by atoms with Gasteiger partial charge < -0.3 is 0 Å². The molecule has 1 saturated heterocycles. The Morgan fingerprint density at radius 1 is 1.37 bits per heavy atom. The summed E-state index contributed by atoms with van der Waals surface area (Å²) in [5.41, 5.74) is 2.50. The zero-order valence-corrected chi connectivity index (χ0v) is 12.1. The van der Waals surface area contributed by atoms with Crippen molar-refractivity contribution in [2.45, 2.75) is 0 Å². The van der Waals surface area contributed by atoms with E-state index in [1.54, 1.807) is 0 Å². The van der Waals surface area contributed by atoms with Crippen LogP contribution in [-0.4, -0.2) is 66.5 Å². The summed E-state index contributed by atoms with van der Waals surface area (Å²) in [6.07, 6.45) is 0. The van der Waals surface area contributed by atoms with Crippen LogP contribution in [-0.2, 0) is 4.79 Å². The summed E-state index contributed by atoms with van der Waals surface area (Å²) in [5, 5.41) is 6.22. The van der Waals surface area contributed by atoms with Gasteiger partial charge in [0.05, 0.1) is 0 Å². The van der Waals surface area contributed by atoms with E-state index in [0.29, 0.717) is 6.54 Å². The van der Waals surface area contributed by atoms with Crippen LogP contribution in [0.25, 0.3) is 11.0 Å². The third-order valence-corrected chi connectivity index (χ3v) is 4.28. The van der Waals surface area contributed by atoms with Gasteiger partial charge in [0.25, 0.3) is 0 Å². The molecule has 2 aromatic rings. The van der Waals surface area contributed by atoms with E-state index < -0.39 is 0 Å². The van der Waals surface area contributed by atoms with Gasteiger partial charge in [0.15, 0.2) is 0 Å². The van der Waals surface area contributed by atoms with Crippen LogP contribution < -0.4 is 10.6 Å². The summed E-state index contributed by atoms with van der Waals surface area (Å²) in [4.78, 5) is 14.2. The second-order valence-electron chi connectivity index (χ2n) is 4.51. The van der Waals surface area contributed by atoms with Crippen LogP contribution in [0, 0.1) is 0 Å². The van der Waals surface area contributed by atoms with Crippen LogP contribution in [0.3, 0.4) is 0 Å². The summed E-state index contributed by atoms with van der Waals surface area (Å²) < 4.78 is 8.67. The number of amides is 1. The van der Waals surface area contributed by atoms with Gasteiger partial charge in [-0.05, 0) is 0 Å². The normalized spacial score (nSPS) is 16.6. The molecule has 19 heavy (non-hydrogen) atoms. The Hall–Kier alpha value is -1.27. The number of piperazine rings is 1. The maximum absolute atomic E-state index is 12.0. The van der Waals surface area contributed by atoms with Crippen molar-refractivity contribution in [1.29, 1.82) is 0 Å². The zero-order valence-electron chi connectivity index (χ0n) is 10.4. The average Bonchev–Trinajstić information content (AvgIpc) is 2.89. The first-order valence-corrected chi connectivity index (χ1v) is 7.80. The fourth-order valence-electron chi connectivity index (χ4n) is 2.17. The number of aromatic nitrogens is 2. The third-order valence-electron chi connectivity index (χ3n) is 3.14. The van der Waals surface area contributed by atoms with Gasteiger partial charge in [-0.1, -0.05) is 0 Å². The van der Waals surface area contributed by atoms with E-state index in [9.17, 15) is 4.79 Å². The first kappa shape index (κ1) is 12.7. The molecule has 0 unspecified atom stereocenters. The van der Waals surface area contributed by atoms with Crippen molar-refractivity contribution in [3.63, 3.8) is 0 Å². The molecule has 0 spiro atoms. The Morgan fingerprint density at radius 2 is 2.21 bits per heavy atom. The predicted molar refractivity (Wildman–Crippen MR) is 74.4 cm³/mol. The monoisotopic (exact) mass is 325 g/mol. The molecule has 2 heterocycles. The van der Waals surface area contributed by atoms with Gasteiger partial charge in [-0.15, -0.1) is 0 Å². The molecule has 0 aliphatic carbocycles. The number of hydrogen-bond donors (Lipinski definition) is 2. The molecular formula is C12H15N5OSe. The molecule has 1 fully saturated rings. The van der Waals surface area contributed by atoms with E-state index in [1.807, 2.05) is 18.2 Å². The maximum atomic E-state index is 12.0. The van der Waals surface area contributed by atoms with Gasteiger partial charge in [-0.2, -0.15) is 0 Å². The number of anilines is 1. The minimum absolute atomic E-state index is 0.0184. The molecule has 100 valence electrons. The van der Waals surface area contributed by atoms with Gasteiger partial charge in [0, 0.05) is 0 Å². The van der Waals surface area contributed by atoms with Crippen LogP contribution in [0.4, 0.5) is 5.69 Å². The Morgan fingerprint density at radius 3 is 3.05 bits per heavy atom. The molecule has 0 saturated carbocycles. The molecular weight excluding hydrogens is 309 g/mol. The zero-order chi connectivity index (χ0) is 13.1. The molecule has 0 radical (unpaired) electrons. The number of carbonyl (C=O) groups excluding carboxylic acids is 1. The number of nitrogens with zero attached hydrogens (tertiary/aromatic N) is 3. The number of nitrogens with one attached hydrogen (secondary N) is 2. The molecule has 1 aliphatic rings. The fraction of sp³-hybridized carbons (Fsp3) is 0.417. The molecule has 1 aromatic heterocycles. The van der Waals surface area contributed by atoms with Crippen molar-refractivity contribution in [2.75, 3.05) is 38.0 Å². The quantitative estimate of drug-likeness (QED) is 0.747. The van der Waals surface area contributed by atoms with E-state index in [-0.39, 0.29) is 20.9 Å². The summed E-state index contributed by atoms with van der Waals surface area (Å²) >= 11 is -0.0678. The van der Waals surface area contributed by atoms with Crippen molar-refractivity contribution < 1.29 is 4.79 Å². The van der Waals surface area contributed by atoms with Gasteiger partial charge in [0.2, 0.25) is 0 Å². The number of fused-ring (bicyclic) bond motifs is 1. The molecule has 0 atom stereocenters. The molecule has 1 aliphatic heterocycles. The van der Waals surface area contributed by atoms with Crippen LogP contribution in [0.5, 0.6) is 0 Å². The summed E-state index contributed by atoms with van der Waals surface area (Å²) in [7, 11) is 0. The Kier molecular flexibility index (Phi) is 3.89.